The molecule has 0 unspecified atom stereocenters. The minimum Gasteiger partial charge on any atom is -0.469 e. The molecule has 1 fully saturated rings. The number of carbonyl (C=O) groups is 2. The van der Waals surface area contributed by atoms with Crippen LogP contribution in [0.1, 0.15) is 12.0 Å². The molecule has 0 bridgehead atoms. The minimum absolute atomic E-state index is 0.0451. The smallest absolute Gasteiger partial charge is 0.310 e. The van der Waals surface area contributed by atoms with Gasteiger partial charge in [0, 0.05) is 43.9 Å². The standard InChI is InChI=1S/C15H19N3O5/c1-10-7-12(18(21)22)3-4-13(10)16-5-6-17-9-11(8-14(17)19)15(20)23-2/h3-4,7,11,16H,5-6,8-9H2,1-2H3/t11-/m0/s1. The summed E-state index contributed by atoms with van der Waals surface area (Å²) in [5.41, 5.74) is 1.59. The summed E-state index contributed by atoms with van der Waals surface area (Å²) >= 11 is 0. The second-order valence-electron chi connectivity index (χ2n) is 5.45. The van der Waals surface area contributed by atoms with E-state index in [4.69, 9.17) is 0 Å². The van der Waals surface area contributed by atoms with E-state index in [1.54, 1.807) is 17.9 Å². The van der Waals surface area contributed by atoms with E-state index in [0.29, 0.717) is 19.6 Å². The number of methoxy groups -OCH3 is 1. The first-order valence-corrected chi connectivity index (χ1v) is 7.27. The summed E-state index contributed by atoms with van der Waals surface area (Å²) in [5, 5.41) is 13.9. The van der Waals surface area contributed by atoms with Gasteiger partial charge in [-0.3, -0.25) is 19.7 Å². The number of aryl methyl sites for hydroxylation is 1. The first-order chi connectivity index (χ1) is 10.9. The highest BCUT2D eigenvalue weighted by Gasteiger charge is 2.34. The Morgan fingerprint density at radius 2 is 2.26 bits per heavy atom. The lowest BCUT2D eigenvalue weighted by Gasteiger charge is -2.17. The molecule has 1 aromatic carbocycles. The number of amides is 1. The predicted octanol–water partition coefficient (Wildman–Crippen LogP) is 1.34. The van der Waals surface area contributed by atoms with Crippen LogP contribution in [0.2, 0.25) is 0 Å². The second-order valence-corrected chi connectivity index (χ2v) is 5.45. The van der Waals surface area contributed by atoms with Gasteiger partial charge in [-0.05, 0) is 18.6 Å². The molecular weight excluding hydrogens is 302 g/mol. The molecule has 8 nitrogen and oxygen atoms in total. The molecule has 1 atom stereocenters. The molecule has 124 valence electrons. The van der Waals surface area contributed by atoms with Gasteiger partial charge in [0.25, 0.3) is 5.69 Å². The van der Waals surface area contributed by atoms with E-state index in [2.05, 4.69) is 10.1 Å². The van der Waals surface area contributed by atoms with E-state index in [1.807, 2.05) is 0 Å². The number of rotatable bonds is 6. The maximum absolute atomic E-state index is 11.8. The molecular formula is C15H19N3O5. The lowest BCUT2D eigenvalue weighted by Crippen LogP contribution is -2.31. The van der Waals surface area contributed by atoms with E-state index in [-0.39, 0.29) is 24.0 Å². The fraction of sp³-hybridized carbons (Fsp3) is 0.467. The van der Waals surface area contributed by atoms with Gasteiger partial charge in [0.15, 0.2) is 0 Å². The highest BCUT2D eigenvalue weighted by molar-refractivity contribution is 5.86. The molecule has 0 aliphatic carbocycles. The number of anilines is 1. The molecule has 1 saturated heterocycles. The van der Waals surface area contributed by atoms with Crippen LogP contribution >= 0.6 is 0 Å². The van der Waals surface area contributed by atoms with Crippen LogP contribution < -0.4 is 5.32 Å². The zero-order valence-corrected chi connectivity index (χ0v) is 13.1. The zero-order valence-electron chi connectivity index (χ0n) is 13.1. The molecule has 1 heterocycles. The number of likely N-dealkylation sites (tertiary alicyclic amines) is 1. The molecule has 1 N–H and O–H groups in total. The maximum atomic E-state index is 11.8. The molecule has 1 aliphatic rings. The van der Waals surface area contributed by atoms with Crippen molar-refractivity contribution in [2.45, 2.75) is 13.3 Å². The average molecular weight is 321 g/mol. The lowest BCUT2D eigenvalue weighted by atomic mass is 10.1. The zero-order chi connectivity index (χ0) is 17.0. The van der Waals surface area contributed by atoms with E-state index in [9.17, 15) is 19.7 Å². The Morgan fingerprint density at radius 3 is 2.87 bits per heavy atom. The quantitative estimate of drug-likeness (QED) is 0.482. The Kier molecular flexibility index (Phi) is 5.15. The third kappa shape index (κ3) is 3.97. The van der Waals surface area contributed by atoms with Crippen LogP contribution in [-0.4, -0.2) is 48.4 Å². The molecule has 1 amide bonds. The molecule has 0 spiro atoms. The summed E-state index contributed by atoms with van der Waals surface area (Å²) in [7, 11) is 1.31. The summed E-state index contributed by atoms with van der Waals surface area (Å²) in [6.07, 6.45) is 0.184. The van der Waals surface area contributed by atoms with Crippen LogP contribution in [-0.2, 0) is 14.3 Å². The van der Waals surface area contributed by atoms with Crippen LogP contribution in [0.5, 0.6) is 0 Å². The molecule has 1 aromatic rings. The van der Waals surface area contributed by atoms with Crippen molar-refractivity contribution < 1.29 is 19.2 Å². The number of hydrogen-bond acceptors (Lipinski definition) is 6. The molecule has 0 aromatic heterocycles. The van der Waals surface area contributed by atoms with E-state index in [0.717, 1.165) is 11.3 Å². The van der Waals surface area contributed by atoms with Crippen molar-refractivity contribution in [1.29, 1.82) is 0 Å². The van der Waals surface area contributed by atoms with Crippen LogP contribution in [0, 0.1) is 23.0 Å². The van der Waals surface area contributed by atoms with Crippen molar-refractivity contribution in [1.82, 2.24) is 4.90 Å². The van der Waals surface area contributed by atoms with Gasteiger partial charge in [-0.1, -0.05) is 0 Å². The van der Waals surface area contributed by atoms with Gasteiger partial charge in [-0.2, -0.15) is 0 Å². The van der Waals surface area contributed by atoms with Gasteiger partial charge in [0.2, 0.25) is 5.91 Å². The Morgan fingerprint density at radius 1 is 1.52 bits per heavy atom. The predicted molar refractivity (Wildman–Crippen MR) is 83.0 cm³/mol. The highest BCUT2D eigenvalue weighted by Crippen LogP contribution is 2.22. The number of ether oxygens (including phenoxy) is 1. The van der Waals surface area contributed by atoms with Crippen molar-refractivity contribution >= 4 is 23.3 Å². The normalized spacial score (nSPS) is 17.2. The maximum Gasteiger partial charge on any atom is 0.310 e. The number of non-ortho nitro benzene ring substituents is 1. The second kappa shape index (κ2) is 7.08. The highest BCUT2D eigenvalue weighted by atomic mass is 16.6. The van der Waals surface area contributed by atoms with Crippen molar-refractivity contribution in [2.75, 3.05) is 32.1 Å². The summed E-state index contributed by atoms with van der Waals surface area (Å²) in [6, 6.07) is 4.58. The molecule has 8 heteroatoms. The van der Waals surface area contributed by atoms with Crippen molar-refractivity contribution in [2.24, 2.45) is 5.92 Å². The Labute approximate surface area is 133 Å². The van der Waals surface area contributed by atoms with Crippen LogP contribution in [0.4, 0.5) is 11.4 Å². The summed E-state index contributed by atoms with van der Waals surface area (Å²) in [4.78, 5) is 35.2. The van der Waals surface area contributed by atoms with Crippen molar-refractivity contribution in [3.63, 3.8) is 0 Å². The van der Waals surface area contributed by atoms with Crippen LogP contribution in [0.25, 0.3) is 0 Å². The van der Waals surface area contributed by atoms with Gasteiger partial charge >= 0.3 is 5.97 Å². The van der Waals surface area contributed by atoms with E-state index >= 15 is 0 Å². The van der Waals surface area contributed by atoms with Crippen LogP contribution in [0.15, 0.2) is 18.2 Å². The number of hydrogen-bond donors (Lipinski definition) is 1. The van der Waals surface area contributed by atoms with Crippen molar-refractivity contribution in [3.05, 3.63) is 33.9 Å². The largest absolute Gasteiger partial charge is 0.469 e. The van der Waals surface area contributed by atoms with E-state index < -0.39 is 10.8 Å². The topological polar surface area (TPSA) is 102 Å². The van der Waals surface area contributed by atoms with Gasteiger partial charge in [-0.15, -0.1) is 0 Å². The molecule has 23 heavy (non-hydrogen) atoms. The summed E-state index contributed by atoms with van der Waals surface area (Å²) in [6.45, 7) is 3.11. The third-order valence-corrected chi connectivity index (χ3v) is 3.87. The number of nitrogens with zero attached hydrogens (tertiary/aromatic N) is 2. The fourth-order valence-electron chi connectivity index (χ4n) is 2.60. The number of esters is 1. The third-order valence-electron chi connectivity index (χ3n) is 3.87. The number of nitrogens with one attached hydrogen (secondary N) is 1. The molecule has 0 radical (unpaired) electrons. The minimum atomic E-state index is -0.438. The monoisotopic (exact) mass is 321 g/mol. The Hall–Kier alpha value is -2.64. The molecule has 0 saturated carbocycles. The molecule has 2 rings (SSSR count). The summed E-state index contributed by atoms with van der Waals surface area (Å²) < 4.78 is 4.66. The van der Waals surface area contributed by atoms with E-state index in [1.165, 1.54) is 19.2 Å². The van der Waals surface area contributed by atoms with Gasteiger partial charge in [0.05, 0.1) is 18.0 Å². The van der Waals surface area contributed by atoms with Crippen molar-refractivity contribution in [3.8, 4) is 0 Å². The number of nitro benzene ring substituents is 1. The first-order valence-electron chi connectivity index (χ1n) is 7.27. The number of carbonyl (C=O) groups excluding carboxylic acids is 2. The molecule has 1 aliphatic heterocycles. The fourth-order valence-corrected chi connectivity index (χ4v) is 2.60. The van der Waals surface area contributed by atoms with Gasteiger partial charge in [0.1, 0.15) is 0 Å². The lowest BCUT2D eigenvalue weighted by molar-refractivity contribution is -0.384. The number of benzene rings is 1. The van der Waals surface area contributed by atoms with Gasteiger partial charge < -0.3 is 15.0 Å². The van der Waals surface area contributed by atoms with Crippen LogP contribution in [0.3, 0.4) is 0 Å². The number of nitro groups is 1. The Balaban J connectivity index is 1.87. The first kappa shape index (κ1) is 16.7. The summed E-state index contributed by atoms with van der Waals surface area (Å²) in [5.74, 6) is -0.823. The SMILES string of the molecule is COC(=O)[C@H]1CC(=O)N(CCNc2ccc([N+](=O)[O-])cc2C)C1. The Bertz CT molecular complexity index is 632. The van der Waals surface area contributed by atoms with Gasteiger partial charge in [-0.25, -0.2) is 0 Å². The average Bonchev–Trinajstić information content (AvgIpc) is 2.89.